The number of nitrogens with two attached hydrogens (primary N) is 1. The number of benzene rings is 3. The molecule has 0 radical (unpaired) electrons. The average Bonchev–Trinajstić information content (AvgIpc) is 2.96. The van der Waals surface area contributed by atoms with Gasteiger partial charge < -0.3 is 5.73 Å². The fourth-order valence-corrected chi connectivity index (χ4v) is 3.10. The number of hydrogen-bond donors (Lipinski definition) is 1. The van der Waals surface area contributed by atoms with E-state index < -0.39 is 0 Å². The van der Waals surface area contributed by atoms with E-state index in [0.29, 0.717) is 5.56 Å². The standard InChI is InChI=1S/C13H10.C9H11NO/c1-3-7-12-10(5-1)9-11-6-2-4-8-13(11)12;1-6-4-3-5-8(7(6)2)9(10)11/h1-8H,9H2;3-5H,1-2H3,(H2,10,11). The Morgan fingerprint density at radius 2 is 1.33 bits per heavy atom. The van der Waals surface area contributed by atoms with Crippen LogP contribution in [0.15, 0.2) is 66.7 Å². The largest absolute Gasteiger partial charge is 0.366 e. The second-order valence-corrected chi connectivity index (χ2v) is 6.10. The molecule has 0 spiro atoms. The van der Waals surface area contributed by atoms with Crippen molar-refractivity contribution in [2.75, 3.05) is 0 Å². The fraction of sp³-hybridized carbons (Fsp3) is 0.136. The molecule has 0 unspecified atom stereocenters. The van der Waals surface area contributed by atoms with Crippen LogP contribution in [0.2, 0.25) is 0 Å². The predicted octanol–water partition coefficient (Wildman–Crippen LogP) is 4.66. The van der Waals surface area contributed by atoms with Crippen LogP contribution < -0.4 is 5.73 Å². The second kappa shape index (κ2) is 6.71. The maximum atomic E-state index is 10.8. The monoisotopic (exact) mass is 315 g/mol. The van der Waals surface area contributed by atoms with Gasteiger partial charge in [0.2, 0.25) is 5.91 Å². The highest BCUT2D eigenvalue weighted by Gasteiger charge is 2.15. The first-order valence-corrected chi connectivity index (χ1v) is 8.10. The molecule has 0 saturated heterocycles. The van der Waals surface area contributed by atoms with Crippen LogP contribution in [0.25, 0.3) is 11.1 Å². The summed E-state index contributed by atoms with van der Waals surface area (Å²) in [5.74, 6) is -0.355. The molecule has 120 valence electrons. The molecular formula is C22H21NO. The van der Waals surface area contributed by atoms with E-state index in [0.717, 1.165) is 17.5 Å². The minimum absolute atomic E-state index is 0.355. The zero-order valence-corrected chi connectivity index (χ0v) is 14.0. The molecule has 2 N–H and O–H groups in total. The van der Waals surface area contributed by atoms with Crippen LogP contribution in [0.5, 0.6) is 0 Å². The molecule has 3 aromatic rings. The third-order valence-electron chi connectivity index (χ3n) is 4.58. The summed E-state index contributed by atoms with van der Waals surface area (Å²) in [4.78, 5) is 10.8. The highest BCUT2D eigenvalue weighted by molar-refractivity contribution is 5.94. The lowest BCUT2D eigenvalue weighted by atomic mass is 10.0. The molecule has 3 aromatic carbocycles. The van der Waals surface area contributed by atoms with Crippen molar-refractivity contribution in [3.63, 3.8) is 0 Å². The molecule has 4 rings (SSSR count). The highest BCUT2D eigenvalue weighted by atomic mass is 16.1. The average molecular weight is 315 g/mol. The SMILES string of the molecule is Cc1cccc(C(N)=O)c1C.c1ccc2c(c1)Cc1ccccc1-2. The minimum atomic E-state index is -0.355. The lowest BCUT2D eigenvalue weighted by Crippen LogP contribution is -2.12. The number of carbonyl (C=O) groups is 1. The van der Waals surface area contributed by atoms with E-state index in [9.17, 15) is 4.79 Å². The summed E-state index contributed by atoms with van der Waals surface area (Å²) in [5, 5.41) is 0. The number of amides is 1. The first-order valence-electron chi connectivity index (χ1n) is 8.10. The van der Waals surface area contributed by atoms with Crippen molar-refractivity contribution in [2.45, 2.75) is 20.3 Å². The third kappa shape index (κ3) is 3.09. The highest BCUT2D eigenvalue weighted by Crippen LogP contribution is 2.35. The van der Waals surface area contributed by atoms with Gasteiger partial charge in [-0.1, -0.05) is 60.7 Å². The number of rotatable bonds is 1. The molecule has 0 atom stereocenters. The van der Waals surface area contributed by atoms with Gasteiger partial charge >= 0.3 is 0 Å². The molecule has 0 aliphatic heterocycles. The molecule has 1 aliphatic carbocycles. The van der Waals surface area contributed by atoms with Crippen LogP contribution in [0.3, 0.4) is 0 Å². The molecular weight excluding hydrogens is 294 g/mol. The van der Waals surface area contributed by atoms with Crippen LogP contribution in [-0.4, -0.2) is 5.91 Å². The van der Waals surface area contributed by atoms with Gasteiger partial charge in [-0.2, -0.15) is 0 Å². The van der Waals surface area contributed by atoms with Crippen molar-refractivity contribution in [2.24, 2.45) is 5.73 Å². The smallest absolute Gasteiger partial charge is 0.248 e. The van der Waals surface area contributed by atoms with E-state index in [1.807, 2.05) is 26.0 Å². The van der Waals surface area contributed by atoms with Crippen LogP contribution in [0, 0.1) is 13.8 Å². The lowest BCUT2D eigenvalue weighted by molar-refractivity contribution is 0.0999. The van der Waals surface area contributed by atoms with Crippen LogP contribution >= 0.6 is 0 Å². The van der Waals surface area contributed by atoms with Crippen LogP contribution in [0.1, 0.15) is 32.6 Å². The summed E-state index contributed by atoms with van der Waals surface area (Å²) >= 11 is 0. The Labute approximate surface area is 143 Å². The summed E-state index contributed by atoms with van der Waals surface area (Å²) in [7, 11) is 0. The van der Waals surface area contributed by atoms with E-state index in [-0.39, 0.29) is 5.91 Å². The van der Waals surface area contributed by atoms with Gasteiger partial charge in [-0.3, -0.25) is 4.79 Å². The van der Waals surface area contributed by atoms with Crippen LogP contribution in [-0.2, 0) is 6.42 Å². The molecule has 0 heterocycles. The Bertz CT molecular complexity index is 852. The molecule has 1 aliphatic rings. The van der Waals surface area contributed by atoms with Crippen molar-refractivity contribution in [3.05, 3.63) is 94.5 Å². The van der Waals surface area contributed by atoms with Crippen molar-refractivity contribution < 1.29 is 4.79 Å². The van der Waals surface area contributed by atoms with Gasteiger partial charge in [-0.15, -0.1) is 0 Å². The van der Waals surface area contributed by atoms with E-state index >= 15 is 0 Å². The van der Waals surface area contributed by atoms with Crippen molar-refractivity contribution in [3.8, 4) is 11.1 Å². The van der Waals surface area contributed by atoms with Gasteiger partial charge in [0.25, 0.3) is 0 Å². The van der Waals surface area contributed by atoms with E-state index in [2.05, 4.69) is 48.5 Å². The summed E-state index contributed by atoms with van der Waals surface area (Å²) < 4.78 is 0. The maximum Gasteiger partial charge on any atom is 0.248 e. The number of fused-ring (bicyclic) bond motifs is 3. The second-order valence-electron chi connectivity index (χ2n) is 6.10. The Kier molecular flexibility index (Phi) is 4.48. The summed E-state index contributed by atoms with van der Waals surface area (Å²) in [6.45, 7) is 3.86. The van der Waals surface area contributed by atoms with E-state index in [4.69, 9.17) is 5.73 Å². The fourth-order valence-electron chi connectivity index (χ4n) is 3.10. The number of carbonyl (C=O) groups excluding carboxylic acids is 1. The topological polar surface area (TPSA) is 43.1 Å². The molecule has 2 nitrogen and oxygen atoms in total. The molecule has 0 aromatic heterocycles. The normalized spacial score (nSPS) is 11.1. The number of aryl methyl sites for hydroxylation is 1. The summed E-state index contributed by atoms with van der Waals surface area (Å²) in [6, 6.07) is 22.8. The van der Waals surface area contributed by atoms with Crippen molar-refractivity contribution in [1.82, 2.24) is 0 Å². The van der Waals surface area contributed by atoms with Crippen molar-refractivity contribution in [1.29, 1.82) is 0 Å². The Balaban J connectivity index is 0.000000144. The first-order chi connectivity index (χ1) is 11.6. The van der Waals surface area contributed by atoms with Gasteiger partial charge in [-0.25, -0.2) is 0 Å². The Hall–Kier alpha value is -2.87. The Morgan fingerprint density at radius 1 is 0.792 bits per heavy atom. The van der Waals surface area contributed by atoms with Gasteiger partial charge in [-0.05, 0) is 59.7 Å². The van der Waals surface area contributed by atoms with Gasteiger partial charge in [0.05, 0.1) is 0 Å². The zero-order valence-electron chi connectivity index (χ0n) is 14.0. The number of primary amides is 1. The first kappa shape index (κ1) is 16.0. The molecule has 0 fully saturated rings. The lowest BCUT2D eigenvalue weighted by Gasteiger charge is -2.03. The Morgan fingerprint density at radius 3 is 1.83 bits per heavy atom. The minimum Gasteiger partial charge on any atom is -0.366 e. The summed E-state index contributed by atoms with van der Waals surface area (Å²) in [5.41, 5.74) is 13.6. The predicted molar refractivity (Wildman–Crippen MR) is 99.1 cm³/mol. The molecule has 24 heavy (non-hydrogen) atoms. The van der Waals surface area contributed by atoms with Crippen LogP contribution in [0.4, 0.5) is 0 Å². The van der Waals surface area contributed by atoms with E-state index in [1.165, 1.54) is 22.3 Å². The molecule has 2 heteroatoms. The number of hydrogen-bond acceptors (Lipinski definition) is 1. The summed E-state index contributed by atoms with van der Waals surface area (Å²) in [6.07, 6.45) is 1.10. The molecule has 1 amide bonds. The quantitative estimate of drug-likeness (QED) is 0.545. The van der Waals surface area contributed by atoms with Gasteiger partial charge in [0.15, 0.2) is 0 Å². The maximum absolute atomic E-state index is 10.8. The van der Waals surface area contributed by atoms with Gasteiger partial charge in [0.1, 0.15) is 0 Å². The van der Waals surface area contributed by atoms with Gasteiger partial charge in [0, 0.05) is 5.56 Å². The van der Waals surface area contributed by atoms with E-state index in [1.54, 1.807) is 6.07 Å². The zero-order chi connectivity index (χ0) is 17.1. The third-order valence-corrected chi connectivity index (χ3v) is 4.58. The van der Waals surface area contributed by atoms with Crippen molar-refractivity contribution >= 4 is 5.91 Å². The molecule has 0 bridgehead atoms. The molecule has 0 saturated carbocycles.